The molecule has 2 heterocycles. The molecule has 10 rings (SSSR count). The summed E-state index contributed by atoms with van der Waals surface area (Å²) in [7, 11) is 11.3. The Hall–Kier alpha value is -7.18. The highest BCUT2D eigenvalue weighted by Gasteiger charge is 2.21. The van der Waals surface area contributed by atoms with Gasteiger partial charge < -0.3 is 14.9 Å². The van der Waals surface area contributed by atoms with Gasteiger partial charge in [-0.05, 0) is 46.5 Å². The zero-order valence-corrected chi connectivity index (χ0v) is 35.2. The smallest absolute Gasteiger partial charge is 0.158 e. The van der Waals surface area contributed by atoms with Gasteiger partial charge in [0, 0.05) is 38.4 Å². The van der Waals surface area contributed by atoms with E-state index in [2.05, 4.69) is 182 Å². The Kier molecular flexibility index (Phi) is 9.64. The highest BCUT2D eigenvalue weighted by atomic mass is 15.1. The maximum absolute atomic E-state index is 6.73. The van der Waals surface area contributed by atoms with Crippen LogP contribution in [0.5, 0.6) is 0 Å². The SMILES string of the molecule is Bc1c(B)c(B)c(-c2ccc(-n3c4ccccc4c4ccc5c6ccccc6n(C/N=C(\N=C(/N)c6ccccc6)c6ccc(-c7ccccc7)cc6)c5c43)cc2)c(B)c1B. The van der Waals surface area contributed by atoms with Crippen LogP contribution in [0, 0.1) is 0 Å². The Bertz CT molecular complexity index is 3340. The molecule has 10 heteroatoms. The molecule has 0 amide bonds. The molecule has 0 unspecified atom stereocenters. The van der Waals surface area contributed by atoms with E-state index in [4.69, 9.17) is 15.7 Å². The summed E-state index contributed by atoms with van der Waals surface area (Å²) in [4.78, 5) is 10.4. The van der Waals surface area contributed by atoms with E-state index in [0.717, 1.165) is 50.0 Å². The number of hydrogen-bond donors (Lipinski definition) is 1. The first kappa shape index (κ1) is 38.1. The van der Waals surface area contributed by atoms with E-state index in [9.17, 15) is 0 Å². The van der Waals surface area contributed by atoms with Gasteiger partial charge in [-0.15, -0.1) is 16.4 Å². The summed E-state index contributed by atoms with van der Waals surface area (Å²) in [5.74, 6) is 0.989. The van der Waals surface area contributed by atoms with Crippen LogP contribution in [0.3, 0.4) is 0 Å². The second-order valence-corrected chi connectivity index (χ2v) is 16.1. The fraction of sp³-hybridized carbons (Fsp3) is 0.0196. The molecule has 2 aromatic heterocycles. The van der Waals surface area contributed by atoms with E-state index < -0.39 is 0 Å². The third-order valence-electron chi connectivity index (χ3n) is 12.9. The van der Waals surface area contributed by atoms with Crippen molar-refractivity contribution < 1.29 is 0 Å². The molecule has 0 bridgehead atoms. The Morgan fingerprint density at radius 1 is 0.443 bits per heavy atom. The molecule has 2 N–H and O–H groups in total. The number of aromatic nitrogens is 2. The predicted octanol–water partition coefficient (Wildman–Crippen LogP) is 3.33. The largest absolute Gasteiger partial charge is 0.383 e. The lowest BCUT2D eigenvalue weighted by Gasteiger charge is -2.20. The molecule has 0 saturated heterocycles. The van der Waals surface area contributed by atoms with E-state index in [-0.39, 0.29) is 0 Å². The lowest BCUT2D eigenvalue weighted by Crippen LogP contribution is -2.55. The second-order valence-electron chi connectivity index (χ2n) is 16.1. The molecule has 61 heavy (non-hydrogen) atoms. The number of nitrogens with two attached hydrogens (primary N) is 1. The number of fused-ring (bicyclic) bond motifs is 7. The van der Waals surface area contributed by atoms with Gasteiger partial charge in [0.2, 0.25) is 0 Å². The van der Waals surface area contributed by atoms with Gasteiger partial charge in [-0.1, -0.05) is 157 Å². The van der Waals surface area contributed by atoms with Crippen molar-refractivity contribution in [3.05, 3.63) is 181 Å². The Morgan fingerprint density at radius 3 is 1.61 bits per heavy atom. The Balaban J connectivity index is 1.18. The summed E-state index contributed by atoms with van der Waals surface area (Å²) in [5.41, 5.74) is 25.8. The predicted molar refractivity (Wildman–Crippen MR) is 276 cm³/mol. The van der Waals surface area contributed by atoms with Crippen LogP contribution in [0.4, 0.5) is 0 Å². The minimum Gasteiger partial charge on any atom is -0.383 e. The van der Waals surface area contributed by atoms with Gasteiger partial charge >= 0.3 is 0 Å². The van der Waals surface area contributed by atoms with Gasteiger partial charge in [-0.25, -0.2) is 9.98 Å². The Morgan fingerprint density at radius 2 is 0.951 bits per heavy atom. The van der Waals surface area contributed by atoms with Gasteiger partial charge in [-0.3, -0.25) is 0 Å². The third-order valence-corrected chi connectivity index (χ3v) is 12.9. The van der Waals surface area contributed by atoms with E-state index in [1.807, 2.05) is 36.4 Å². The normalized spacial score (nSPS) is 12.3. The van der Waals surface area contributed by atoms with Gasteiger partial charge in [0.15, 0.2) is 5.84 Å². The number of para-hydroxylation sites is 2. The molecule has 0 aliphatic heterocycles. The lowest BCUT2D eigenvalue weighted by molar-refractivity contribution is 0.792. The first-order chi connectivity index (χ1) is 29.8. The maximum atomic E-state index is 6.73. The molecule has 286 valence electrons. The molecule has 0 fully saturated rings. The van der Waals surface area contributed by atoms with Crippen LogP contribution in [-0.2, 0) is 6.67 Å². The quantitative estimate of drug-likeness (QED) is 0.151. The summed E-state index contributed by atoms with van der Waals surface area (Å²) in [6.07, 6.45) is 0. The van der Waals surface area contributed by atoms with Crippen LogP contribution >= 0.6 is 0 Å². The number of aliphatic imine (C=N–C) groups is 2. The van der Waals surface area contributed by atoms with Crippen LogP contribution in [0.15, 0.2) is 180 Å². The molecule has 10 aromatic rings. The first-order valence-electron chi connectivity index (χ1n) is 21.0. The third kappa shape index (κ3) is 6.51. The van der Waals surface area contributed by atoms with Crippen LogP contribution in [0.25, 0.3) is 71.6 Å². The maximum Gasteiger partial charge on any atom is 0.158 e. The molecular formula is C51H42B5N5. The fourth-order valence-corrected chi connectivity index (χ4v) is 9.27. The number of hydrogen-bond acceptors (Lipinski definition) is 1. The molecule has 0 aliphatic rings. The molecule has 0 saturated carbocycles. The van der Waals surface area contributed by atoms with Crippen LogP contribution in [0.2, 0.25) is 0 Å². The van der Waals surface area contributed by atoms with Crippen molar-refractivity contribution in [1.29, 1.82) is 0 Å². The first-order valence-corrected chi connectivity index (χ1v) is 21.0. The molecule has 5 nitrogen and oxygen atoms in total. The topological polar surface area (TPSA) is 60.6 Å². The fourth-order valence-electron chi connectivity index (χ4n) is 9.27. The van der Waals surface area contributed by atoms with Crippen molar-refractivity contribution in [1.82, 2.24) is 9.13 Å². The minimum atomic E-state index is 0.329. The average molecular weight is 779 g/mol. The van der Waals surface area contributed by atoms with Crippen molar-refractivity contribution in [3.63, 3.8) is 0 Å². The minimum absolute atomic E-state index is 0.329. The second kappa shape index (κ2) is 15.5. The van der Waals surface area contributed by atoms with Crippen molar-refractivity contribution >= 4 is 122 Å². The van der Waals surface area contributed by atoms with Crippen LogP contribution < -0.4 is 33.0 Å². The lowest BCUT2D eigenvalue weighted by atomic mass is 9.60. The molecule has 0 aliphatic carbocycles. The summed E-state index contributed by atoms with van der Waals surface area (Å²) < 4.78 is 4.80. The Labute approximate surface area is 360 Å². The molecular weight excluding hydrogens is 737 g/mol. The molecule has 0 radical (unpaired) electrons. The number of amidine groups is 2. The van der Waals surface area contributed by atoms with E-state index in [0.29, 0.717) is 18.3 Å². The number of rotatable bonds is 7. The van der Waals surface area contributed by atoms with Gasteiger partial charge in [0.1, 0.15) is 51.7 Å². The van der Waals surface area contributed by atoms with E-state index in [1.54, 1.807) is 0 Å². The summed E-state index contributed by atoms with van der Waals surface area (Å²) in [5, 5.41) is 4.76. The highest BCUT2D eigenvalue weighted by Crippen LogP contribution is 2.40. The van der Waals surface area contributed by atoms with Crippen molar-refractivity contribution in [2.45, 2.75) is 6.67 Å². The number of nitrogens with zero attached hydrogens (tertiary/aromatic N) is 4. The molecule has 0 atom stereocenters. The summed E-state index contributed by atoms with van der Waals surface area (Å²) in [6, 6.07) is 59.9. The molecule has 0 spiro atoms. The van der Waals surface area contributed by atoms with E-state index in [1.165, 1.54) is 60.0 Å². The molecule has 8 aromatic carbocycles. The van der Waals surface area contributed by atoms with Gasteiger partial charge in [-0.2, -0.15) is 0 Å². The monoisotopic (exact) mass is 779 g/mol. The van der Waals surface area contributed by atoms with Crippen LogP contribution in [0.1, 0.15) is 11.1 Å². The van der Waals surface area contributed by atoms with Crippen molar-refractivity contribution in [2.75, 3.05) is 0 Å². The average Bonchev–Trinajstić information content (AvgIpc) is 3.82. The standard InChI is InChI=1S/C51H42B5N5/c52-43-42(44(53)46(55)47(56)45(43)54)32-23-25-35(26-24-32)61-41-18-10-8-16-37(41)39-28-27-38-36-15-7-9-17-40(36)60(48(38)49(39)61)29-58-51(59-50(57)33-13-5-2-6-14-33)34-21-19-31(20-22-34)30-11-3-1-4-12-30/h1-28H,29,52-56H2,(H2,57,58,59). The zero-order chi connectivity index (χ0) is 41.8. The van der Waals surface area contributed by atoms with Crippen molar-refractivity contribution in [3.8, 4) is 27.9 Å². The van der Waals surface area contributed by atoms with Crippen LogP contribution in [-0.4, -0.2) is 60.0 Å². The van der Waals surface area contributed by atoms with Gasteiger partial charge in [0.25, 0.3) is 0 Å². The van der Waals surface area contributed by atoms with E-state index >= 15 is 0 Å². The van der Waals surface area contributed by atoms with Crippen molar-refractivity contribution in [2.24, 2.45) is 15.7 Å². The zero-order valence-electron chi connectivity index (χ0n) is 35.2. The summed E-state index contributed by atoms with van der Waals surface area (Å²) in [6.45, 7) is 0.329. The highest BCUT2D eigenvalue weighted by molar-refractivity contribution is 6.68. The summed E-state index contributed by atoms with van der Waals surface area (Å²) >= 11 is 0. The van der Waals surface area contributed by atoms with Gasteiger partial charge in [0.05, 0.1) is 22.1 Å². The number of benzene rings is 8.